The van der Waals surface area contributed by atoms with Crippen LogP contribution in [0.4, 0.5) is 11.4 Å². The predicted molar refractivity (Wildman–Crippen MR) is 80.0 cm³/mol. The van der Waals surface area contributed by atoms with Crippen molar-refractivity contribution in [3.05, 3.63) is 39.3 Å². The van der Waals surface area contributed by atoms with E-state index in [9.17, 15) is 0 Å². The molecule has 0 aliphatic heterocycles. The predicted octanol–water partition coefficient (Wildman–Crippen LogP) is 3.78. The van der Waals surface area contributed by atoms with Gasteiger partial charge in [-0.3, -0.25) is 0 Å². The lowest BCUT2D eigenvalue weighted by Gasteiger charge is -2.15. The molecule has 18 heavy (non-hydrogen) atoms. The molecule has 0 aliphatic rings. The van der Waals surface area contributed by atoms with Crippen LogP contribution in [-0.2, 0) is 6.54 Å². The third-order valence-electron chi connectivity index (χ3n) is 2.57. The molecular weight excluding hydrogens is 266 g/mol. The molecule has 0 saturated heterocycles. The number of thiazole rings is 1. The lowest BCUT2D eigenvalue weighted by Crippen LogP contribution is -2.09. The first-order chi connectivity index (χ1) is 8.56. The van der Waals surface area contributed by atoms with Gasteiger partial charge >= 0.3 is 0 Å². The van der Waals surface area contributed by atoms with Gasteiger partial charge in [-0.05, 0) is 25.1 Å². The lowest BCUT2D eigenvalue weighted by molar-refractivity contribution is 1.05. The van der Waals surface area contributed by atoms with Crippen molar-refractivity contribution < 1.29 is 0 Å². The normalized spacial score (nSPS) is 10.4. The largest absolute Gasteiger partial charge is 0.379 e. The zero-order valence-electron chi connectivity index (χ0n) is 10.7. The molecule has 0 unspecified atom stereocenters. The van der Waals surface area contributed by atoms with E-state index in [4.69, 9.17) is 11.6 Å². The van der Waals surface area contributed by atoms with E-state index in [0.29, 0.717) is 0 Å². The highest BCUT2D eigenvalue weighted by Crippen LogP contribution is 2.27. The van der Waals surface area contributed by atoms with E-state index in [-0.39, 0.29) is 0 Å². The molecule has 0 amide bonds. The molecule has 1 heterocycles. The molecule has 96 valence electrons. The van der Waals surface area contributed by atoms with Crippen LogP contribution in [0.5, 0.6) is 0 Å². The maximum atomic E-state index is 6.22. The second-order valence-corrected chi connectivity index (χ2v) is 5.74. The number of anilines is 2. The second-order valence-electron chi connectivity index (χ2n) is 4.27. The number of nitrogens with zero attached hydrogens (tertiary/aromatic N) is 2. The Morgan fingerprint density at radius 3 is 2.72 bits per heavy atom. The minimum absolute atomic E-state index is 0.724. The molecule has 0 radical (unpaired) electrons. The van der Waals surface area contributed by atoms with Gasteiger partial charge in [0, 0.05) is 25.2 Å². The Balaban J connectivity index is 2.04. The van der Waals surface area contributed by atoms with Crippen LogP contribution in [0.15, 0.2) is 23.6 Å². The summed E-state index contributed by atoms with van der Waals surface area (Å²) in [5, 5.41) is 7.23. The number of aromatic nitrogens is 1. The minimum atomic E-state index is 0.724. The standard InChI is InChI=1S/C13H16ClN3S/c1-9-16-11(8-18-9)7-15-10-4-5-13(17(2)3)12(14)6-10/h4-6,8,15H,7H2,1-3H3. The first-order valence-electron chi connectivity index (χ1n) is 5.68. The molecule has 0 fully saturated rings. The minimum Gasteiger partial charge on any atom is -0.379 e. The first-order valence-corrected chi connectivity index (χ1v) is 6.94. The fourth-order valence-electron chi connectivity index (χ4n) is 1.66. The summed E-state index contributed by atoms with van der Waals surface area (Å²) in [6, 6.07) is 5.98. The Bertz CT molecular complexity index is 537. The molecule has 2 rings (SSSR count). The highest BCUT2D eigenvalue weighted by atomic mass is 35.5. The molecule has 2 aromatic rings. The van der Waals surface area contributed by atoms with E-state index in [1.165, 1.54) is 0 Å². The van der Waals surface area contributed by atoms with E-state index in [2.05, 4.69) is 15.7 Å². The van der Waals surface area contributed by atoms with E-state index in [1.54, 1.807) is 11.3 Å². The van der Waals surface area contributed by atoms with Crippen LogP contribution in [-0.4, -0.2) is 19.1 Å². The fourth-order valence-corrected chi connectivity index (χ4v) is 2.62. The van der Waals surface area contributed by atoms with Crippen molar-refractivity contribution in [3.63, 3.8) is 0 Å². The van der Waals surface area contributed by atoms with Crippen molar-refractivity contribution >= 4 is 34.3 Å². The smallest absolute Gasteiger partial charge is 0.0898 e. The number of hydrogen-bond donors (Lipinski definition) is 1. The van der Waals surface area contributed by atoms with Gasteiger partial charge < -0.3 is 10.2 Å². The maximum Gasteiger partial charge on any atom is 0.0898 e. The van der Waals surface area contributed by atoms with Gasteiger partial charge in [0.25, 0.3) is 0 Å². The number of benzene rings is 1. The number of aryl methyl sites for hydroxylation is 1. The van der Waals surface area contributed by atoms with Crippen molar-refractivity contribution in [2.24, 2.45) is 0 Å². The summed E-state index contributed by atoms with van der Waals surface area (Å²) in [5.74, 6) is 0. The van der Waals surface area contributed by atoms with E-state index < -0.39 is 0 Å². The van der Waals surface area contributed by atoms with Crippen molar-refractivity contribution in [1.29, 1.82) is 0 Å². The van der Waals surface area contributed by atoms with Gasteiger partial charge in [-0.2, -0.15) is 0 Å². The molecule has 0 atom stereocenters. The summed E-state index contributed by atoms with van der Waals surface area (Å²) in [6.07, 6.45) is 0. The Morgan fingerprint density at radius 1 is 1.39 bits per heavy atom. The summed E-state index contributed by atoms with van der Waals surface area (Å²) >= 11 is 7.88. The van der Waals surface area contributed by atoms with Gasteiger partial charge in [0.15, 0.2) is 0 Å². The molecule has 1 aromatic carbocycles. The molecule has 3 nitrogen and oxygen atoms in total. The zero-order valence-corrected chi connectivity index (χ0v) is 12.3. The molecular formula is C13H16ClN3S. The summed E-state index contributed by atoms with van der Waals surface area (Å²) in [7, 11) is 3.96. The van der Waals surface area contributed by atoms with Gasteiger partial charge in [-0.1, -0.05) is 11.6 Å². The molecule has 5 heteroatoms. The van der Waals surface area contributed by atoms with Crippen molar-refractivity contribution in [1.82, 2.24) is 4.98 Å². The zero-order chi connectivity index (χ0) is 13.1. The second kappa shape index (κ2) is 5.59. The van der Waals surface area contributed by atoms with Crippen LogP contribution < -0.4 is 10.2 Å². The van der Waals surface area contributed by atoms with Crippen molar-refractivity contribution in [3.8, 4) is 0 Å². The van der Waals surface area contributed by atoms with Crippen LogP contribution >= 0.6 is 22.9 Å². The number of hydrogen-bond acceptors (Lipinski definition) is 4. The third-order valence-corrected chi connectivity index (χ3v) is 3.69. The number of halogens is 1. The lowest BCUT2D eigenvalue weighted by atomic mass is 10.2. The Kier molecular flexibility index (Phi) is 4.09. The molecule has 0 spiro atoms. The van der Waals surface area contributed by atoms with Crippen LogP contribution in [0.3, 0.4) is 0 Å². The molecule has 0 saturated carbocycles. The monoisotopic (exact) mass is 281 g/mol. The molecule has 0 bridgehead atoms. The summed E-state index contributed by atoms with van der Waals surface area (Å²) in [5.41, 5.74) is 3.09. The SMILES string of the molecule is Cc1nc(CNc2ccc(N(C)C)c(Cl)c2)cs1. The van der Waals surface area contributed by atoms with Gasteiger partial charge in [0.2, 0.25) is 0 Å². The summed E-state index contributed by atoms with van der Waals surface area (Å²) < 4.78 is 0. The third kappa shape index (κ3) is 3.15. The average Bonchev–Trinajstić information content (AvgIpc) is 2.72. The topological polar surface area (TPSA) is 28.2 Å². The Labute approximate surface area is 116 Å². The maximum absolute atomic E-state index is 6.22. The molecule has 0 aliphatic carbocycles. The molecule has 1 aromatic heterocycles. The summed E-state index contributed by atoms with van der Waals surface area (Å²) in [6.45, 7) is 2.74. The quantitative estimate of drug-likeness (QED) is 0.924. The van der Waals surface area contributed by atoms with Gasteiger partial charge in [0.05, 0.1) is 28.0 Å². The average molecular weight is 282 g/mol. The van der Waals surface area contributed by atoms with E-state index in [1.807, 2.05) is 44.1 Å². The van der Waals surface area contributed by atoms with E-state index in [0.717, 1.165) is 33.6 Å². The van der Waals surface area contributed by atoms with Crippen LogP contribution in [0.2, 0.25) is 5.02 Å². The van der Waals surface area contributed by atoms with Gasteiger partial charge in [-0.25, -0.2) is 4.98 Å². The Hall–Kier alpha value is -1.26. The van der Waals surface area contributed by atoms with Crippen LogP contribution in [0.1, 0.15) is 10.7 Å². The van der Waals surface area contributed by atoms with Crippen LogP contribution in [0.25, 0.3) is 0 Å². The summed E-state index contributed by atoms with van der Waals surface area (Å²) in [4.78, 5) is 6.40. The van der Waals surface area contributed by atoms with Gasteiger partial charge in [-0.15, -0.1) is 11.3 Å². The fraction of sp³-hybridized carbons (Fsp3) is 0.308. The van der Waals surface area contributed by atoms with Crippen molar-refractivity contribution in [2.75, 3.05) is 24.3 Å². The first kappa shape index (κ1) is 13.2. The Morgan fingerprint density at radius 2 is 2.17 bits per heavy atom. The van der Waals surface area contributed by atoms with Crippen molar-refractivity contribution in [2.45, 2.75) is 13.5 Å². The van der Waals surface area contributed by atoms with Gasteiger partial charge in [0.1, 0.15) is 0 Å². The highest BCUT2D eigenvalue weighted by Gasteiger charge is 2.04. The highest BCUT2D eigenvalue weighted by molar-refractivity contribution is 7.09. The number of rotatable bonds is 4. The van der Waals surface area contributed by atoms with Crippen LogP contribution in [0, 0.1) is 6.92 Å². The van der Waals surface area contributed by atoms with E-state index >= 15 is 0 Å². The molecule has 1 N–H and O–H groups in total. The number of nitrogens with one attached hydrogen (secondary N) is 1.